The number of nitrogens with two attached hydrogens (primary N) is 1. The number of rotatable bonds is 5. The number of carbonyl (C=O) groups excluding carboxylic acids is 1. The first kappa shape index (κ1) is 15.1. The lowest BCUT2D eigenvalue weighted by Crippen LogP contribution is -2.29. The van der Waals surface area contributed by atoms with Gasteiger partial charge in [-0.2, -0.15) is 0 Å². The number of amides is 1. The highest BCUT2D eigenvalue weighted by molar-refractivity contribution is 5.92. The molecule has 0 fully saturated rings. The van der Waals surface area contributed by atoms with Gasteiger partial charge in [-0.3, -0.25) is 9.69 Å². The molecule has 0 spiro atoms. The molecular weight excluding hydrogens is 268 g/mol. The Hall–Kier alpha value is -2.34. The molecule has 0 unspecified atom stereocenters. The molecule has 0 aliphatic rings. The number of aryl methyl sites for hydroxylation is 2. The van der Waals surface area contributed by atoms with Crippen molar-refractivity contribution >= 4 is 17.3 Å². The SMILES string of the molecule is Cc1cc(CN(C)CC(=O)Nc2ccc(C)c(N)c2)no1. The maximum Gasteiger partial charge on any atom is 0.238 e. The zero-order valence-electron chi connectivity index (χ0n) is 12.5. The average molecular weight is 288 g/mol. The summed E-state index contributed by atoms with van der Waals surface area (Å²) in [6, 6.07) is 7.33. The van der Waals surface area contributed by atoms with Crippen molar-refractivity contribution in [3.05, 3.63) is 41.3 Å². The zero-order valence-corrected chi connectivity index (χ0v) is 12.5. The number of anilines is 2. The number of likely N-dealkylation sites (N-methyl/N-ethyl adjacent to an activating group) is 1. The van der Waals surface area contributed by atoms with Crippen LogP contribution in [-0.2, 0) is 11.3 Å². The van der Waals surface area contributed by atoms with Crippen LogP contribution < -0.4 is 11.1 Å². The first-order valence-corrected chi connectivity index (χ1v) is 6.71. The Balaban J connectivity index is 1.87. The Morgan fingerprint density at radius 2 is 2.14 bits per heavy atom. The maximum atomic E-state index is 12.0. The summed E-state index contributed by atoms with van der Waals surface area (Å²) in [7, 11) is 1.85. The van der Waals surface area contributed by atoms with E-state index >= 15 is 0 Å². The molecule has 3 N–H and O–H groups in total. The van der Waals surface area contributed by atoms with Gasteiger partial charge in [-0.25, -0.2) is 0 Å². The van der Waals surface area contributed by atoms with Gasteiger partial charge in [0.2, 0.25) is 5.91 Å². The van der Waals surface area contributed by atoms with Crippen molar-refractivity contribution in [1.29, 1.82) is 0 Å². The third-order valence-corrected chi connectivity index (χ3v) is 3.09. The molecule has 6 heteroatoms. The minimum atomic E-state index is -0.0963. The largest absolute Gasteiger partial charge is 0.398 e. The summed E-state index contributed by atoms with van der Waals surface area (Å²) in [5.74, 6) is 0.666. The maximum absolute atomic E-state index is 12.0. The summed E-state index contributed by atoms with van der Waals surface area (Å²) in [4.78, 5) is 13.8. The molecule has 21 heavy (non-hydrogen) atoms. The quantitative estimate of drug-likeness (QED) is 0.821. The van der Waals surface area contributed by atoms with E-state index < -0.39 is 0 Å². The van der Waals surface area contributed by atoms with Gasteiger partial charge in [0, 0.05) is 24.0 Å². The van der Waals surface area contributed by atoms with Crippen LogP contribution >= 0.6 is 0 Å². The summed E-state index contributed by atoms with van der Waals surface area (Å²) in [5.41, 5.74) is 8.99. The molecule has 0 atom stereocenters. The fourth-order valence-corrected chi connectivity index (χ4v) is 1.99. The summed E-state index contributed by atoms with van der Waals surface area (Å²) >= 11 is 0. The van der Waals surface area contributed by atoms with Crippen molar-refractivity contribution in [1.82, 2.24) is 10.1 Å². The van der Waals surface area contributed by atoms with Gasteiger partial charge in [0.25, 0.3) is 0 Å². The van der Waals surface area contributed by atoms with Crippen molar-refractivity contribution in [2.45, 2.75) is 20.4 Å². The standard InChI is InChI=1S/C15H20N4O2/c1-10-4-5-12(7-14(10)16)17-15(20)9-19(3)8-13-6-11(2)21-18-13/h4-7H,8-9,16H2,1-3H3,(H,17,20). The van der Waals surface area contributed by atoms with Gasteiger partial charge < -0.3 is 15.6 Å². The number of aromatic nitrogens is 1. The number of nitrogens with zero attached hydrogens (tertiary/aromatic N) is 2. The van der Waals surface area contributed by atoms with Crippen LogP contribution in [-0.4, -0.2) is 29.6 Å². The average Bonchev–Trinajstić information content (AvgIpc) is 2.79. The predicted octanol–water partition coefficient (Wildman–Crippen LogP) is 1.94. The molecule has 6 nitrogen and oxygen atoms in total. The topological polar surface area (TPSA) is 84.4 Å². The van der Waals surface area contributed by atoms with E-state index in [9.17, 15) is 4.79 Å². The summed E-state index contributed by atoms with van der Waals surface area (Å²) in [6.45, 7) is 4.58. The Kier molecular flexibility index (Phi) is 4.59. The molecule has 0 radical (unpaired) electrons. The number of nitrogen functional groups attached to an aromatic ring is 1. The molecule has 0 aliphatic carbocycles. The number of benzene rings is 1. The van der Waals surface area contributed by atoms with Crippen molar-refractivity contribution in [2.24, 2.45) is 0 Å². The van der Waals surface area contributed by atoms with Crippen LogP contribution in [0.1, 0.15) is 17.0 Å². The van der Waals surface area contributed by atoms with E-state index in [2.05, 4.69) is 10.5 Å². The second kappa shape index (κ2) is 6.41. The minimum Gasteiger partial charge on any atom is -0.398 e. The number of hydrogen-bond acceptors (Lipinski definition) is 5. The highest BCUT2D eigenvalue weighted by Gasteiger charge is 2.10. The van der Waals surface area contributed by atoms with Crippen LogP contribution in [0.25, 0.3) is 0 Å². The van der Waals surface area contributed by atoms with Crippen molar-refractivity contribution in [3.8, 4) is 0 Å². The van der Waals surface area contributed by atoms with Crippen LogP contribution in [0.2, 0.25) is 0 Å². The highest BCUT2D eigenvalue weighted by atomic mass is 16.5. The van der Waals surface area contributed by atoms with Gasteiger partial charge >= 0.3 is 0 Å². The van der Waals surface area contributed by atoms with E-state index in [0.717, 1.165) is 17.0 Å². The molecule has 112 valence electrons. The molecule has 1 amide bonds. The molecule has 0 aliphatic heterocycles. The summed E-state index contributed by atoms with van der Waals surface area (Å²) in [6.07, 6.45) is 0. The smallest absolute Gasteiger partial charge is 0.238 e. The molecule has 1 aromatic carbocycles. The fraction of sp³-hybridized carbons (Fsp3) is 0.333. The Labute approximate surface area is 123 Å². The lowest BCUT2D eigenvalue weighted by molar-refractivity contribution is -0.117. The molecule has 0 bridgehead atoms. The van der Waals surface area contributed by atoms with Crippen LogP contribution in [0.5, 0.6) is 0 Å². The van der Waals surface area contributed by atoms with E-state index in [1.54, 1.807) is 6.07 Å². The zero-order chi connectivity index (χ0) is 15.4. The fourth-order valence-electron chi connectivity index (χ4n) is 1.99. The lowest BCUT2D eigenvalue weighted by Gasteiger charge is -2.15. The van der Waals surface area contributed by atoms with Crippen molar-refractivity contribution in [2.75, 3.05) is 24.6 Å². The van der Waals surface area contributed by atoms with E-state index in [1.165, 1.54) is 0 Å². The van der Waals surface area contributed by atoms with Crippen molar-refractivity contribution < 1.29 is 9.32 Å². The second-order valence-electron chi connectivity index (χ2n) is 5.22. The molecule has 0 saturated carbocycles. The molecular formula is C15H20N4O2. The van der Waals surface area contributed by atoms with Crippen LogP contribution in [0, 0.1) is 13.8 Å². The normalized spacial score (nSPS) is 10.9. The second-order valence-corrected chi connectivity index (χ2v) is 5.22. The van der Waals surface area contributed by atoms with Crippen molar-refractivity contribution in [3.63, 3.8) is 0 Å². The Bertz CT molecular complexity index is 636. The van der Waals surface area contributed by atoms with E-state index in [1.807, 2.05) is 44.0 Å². The van der Waals surface area contributed by atoms with Gasteiger partial charge in [0.05, 0.1) is 12.2 Å². The first-order chi connectivity index (χ1) is 9.94. The predicted molar refractivity (Wildman–Crippen MR) is 81.8 cm³/mol. The van der Waals surface area contributed by atoms with Gasteiger partial charge in [-0.05, 0) is 38.6 Å². The van der Waals surface area contributed by atoms with Crippen LogP contribution in [0.15, 0.2) is 28.8 Å². The Morgan fingerprint density at radius 3 is 2.76 bits per heavy atom. The highest BCUT2D eigenvalue weighted by Crippen LogP contribution is 2.16. The monoisotopic (exact) mass is 288 g/mol. The molecule has 0 saturated heterocycles. The molecule has 1 heterocycles. The van der Waals surface area contributed by atoms with Gasteiger partial charge in [0.15, 0.2) is 0 Å². The van der Waals surface area contributed by atoms with Crippen LogP contribution in [0.3, 0.4) is 0 Å². The molecule has 2 rings (SSSR count). The summed E-state index contributed by atoms with van der Waals surface area (Å²) in [5, 5.41) is 6.73. The molecule has 2 aromatic rings. The van der Waals surface area contributed by atoms with E-state index in [4.69, 9.17) is 10.3 Å². The first-order valence-electron chi connectivity index (χ1n) is 6.71. The molecule has 1 aromatic heterocycles. The lowest BCUT2D eigenvalue weighted by atomic mass is 10.2. The summed E-state index contributed by atoms with van der Waals surface area (Å²) < 4.78 is 5.00. The number of hydrogen-bond donors (Lipinski definition) is 2. The van der Waals surface area contributed by atoms with Crippen LogP contribution in [0.4, 0.5) is 11.4 Å². The van der Waals surface area contributed by atoms with E-state index in [-0.39, 0.29) is 12.5 Å². The van der Waals surface area contributed by atoms with Gasteiger partial charge in [-0.15, -0.1) is 0 Å². The van der Waals surface area contributed by atoms with Gasteiger partial charge in [0.1, 0.15) is 5.76 Å². The van der Waals surface area contributed by atoms with Gasteiger partial charge in [-0.1, -0.05) is 11.2 Å². The minimum absolute atomic E-state index is 0.0963. The third kappa shape index (κ3) is 4.32. The Morgan fingerprint density at radius 1 is 1.38 bits per heavy atom. The third-order valence-electron chi connectivity index (χ3n) is 3.09. The number of carbonyl (C=O) groups is 1. The number of nitrogens with one attached hydrogen (secondary N) is 1. The van der Waals surface area contributed by atoms with E-state index in [0.29, 0.717) is 17.9 Å².